The number of hydrogen-bond donors (Lipinski definition) is 1. The Morgan fingerprint density at radius 1 is 0.909 bits per heavy atom. The van der Waals surface area contributed by atoms with E-state index in [1.165, 1.54) is 12.1 Å². The summed E-state index contributed by atoms with van der Waals surface area (Å²) in [6, 6.07) is 16.0. The lowest BCUT2D eigenvalue weighted by molar-refractivity contribution is -0.157. The highest BCUT2D eigenvalue weighted by molar-refractivity contribution is 6.41. The van der Waals surface area contributed by atoms with Crippen molar-refractivity contribution in [3.8, 4) is 0 Å². The summed E-state index contributed by atoms with van der Waals surface area (Å²) in [6.07, 6.45) is 0.229. The first-order valence-corrected chi connectivity index (χ1v) is 6.73. The smallest absolute Gasteiger partial charge is 0.386 e. The number of rotatable bonds is 5. The van der Waals surface area contributed by atoms with Gasteiger partial charge in [-0.2, -0.15) is 0 Å². The summed E-state index contributed by atoms with van der Waals surface area (Å²) in [6.45, 7) is 0. The molecular formula is C17H15NO4. The fourth-order valence-electron chi connectivity index (χ4n) is 1.87. The third-order valence-electron chi connectivity index (χ3n) is 3.02. The molecule has 0 aliphatic carbocycles. The molecule has 0 amide bonds. The van der Waals surface area contributed by atoms with Gasteiger partial charge >= 0.3 is 11.9 Å². The molecule has 0 aromatic heterocycles. The first-order chi connectivity index (χ1) is 10.6. The second kappa shape index (κ2) is 7.28. The lowest BCUT2D eigenvalue weighted by Gasteiger charge is -2.10. The van der Waals surface area contributed by atoms with Crippen LogP contribution in [0.5, 0.6) is 0 Å². The van der Waals surface area contributed by atoms with Gasteiger partial charge in [0.05, 0.1) is 0 Å². The van der Waals surface area contributed by atoms with Crippen LogP contribution in [0.15, 0.2) is 60.7 Å². The van der Waals surface area contributed by atoms with Gasteiger partial charge in [0.1, 0.15) is 6.04 Å². The number of ether oxygens (including phenoxy) is 1. The average Bonchev–Trinajstić information content (AvgIpc) is 2.55. The Morgan fingerprint density at radius 2 is 1.45 bits per heavy atom. The lowest BCUT2D eigenvalue weighted by Crippen LogP contribution is -2.37. The van der Waals surface area contributed by atoms with E-state index in [2.05, 4.69) is 4.74 Å². The predicted molar refractivity (Wildman–Crippen MR) is 80.0 cm³/mol. The van der Waals surface area contributed by atoms with Crippen LogP contribution in [0.4, 0.5) is 0 Å². The molecule has 112 valence electrons. The highest BCUT2D eigenvalue weighted by Crippen LogP contribution is 2.05. The summed E-state index contributed by atoms with van der Waals surface area (Å²) in [7, 11) is 0. The van der Waals surface area contributed by atoms with E-state index < -0.39 is 23.8 Å². The summed E-state index contributed by atoms with van der Waals surface area (Å²) in [4.78, 5) is 35.2. The molecule has 0 radical (unpaired) electrons. The maximum Gasteiger partial charge on any atom is 0.387 e. The Kier molecular flexibility index (Phi) is 5.16. The monoisotopic (exact) mass is 297 g/mol. The quantitative estimate of drug-likeness (QED) is 0.391. The Hall–Kier alpha value is -2.79. The van der Waals surface area contributed by atoms with Crippen LogP contribution < -0.4 is 5.73 Å². The topological polar surface area (TPSA) is 86.5 Å². The van der Waals surface area contributed by atoms with Crippen LogP contribution in [0.2, 0.25) is 0 Å². The summed E-state index contributed by atoms with van der Waals surface area (Å²) in [5.74, 6) is -3.02. The molecule has 0 saturated carbocycles. The maximum atomic E-state index is 11.8. The molecule has 2 rings (SSSR count). The Balaban J connectivity index is 1.93. The number of hydrogen-bond acceptors (Lipinski definition) is 5. The van der Waals surface area contributed by atoms with Crippen molar-refractivity contribution in [2.75, 3.05) is 0 Å². The summed E-state index contributed by atoms with van der Waals surface area (Å²) in [5, 5.41) is 0. The highest BCUT2D eigenvalue weighted by atomic mass is 16.6. The van der Waals surface area contributed by atoms with Gasteiger partial charge in [-0.1, -0.05) is 60.7 Å². The molecule has 2 N–H and O–H groups in total. The van der Waals surface area contributed by atoms with Gasteiger partial charge in [0, 0.05) is 5.56 Å². The van der Waals surface area contributed by atoms with Crippen molar-refractivity contribution in [3.05, 3.63) is 71.8 Å². The van der Waals surface area contributed by atoms with E-state index in [0.29, 0.717) is 0 Å². The van der Waals surface area contributed by atoms with E-state index >= 15 is 0 Å². The molecule has 2 aromatic rings. The molecule has 0 unspecified atom stereocenters. The van der Waals surface area contributed by atoms with Gasteiger partial charge < -0.3 is 10.5 Å². The largest absolute Gasteiger partial charge is 0.387 e. The van der Waals surface area contributed by atoms with E-state index in [4.69, 9.17) is 5.73 Å². The molecule has 5 heteroatoms. The van der Waals surface area contributed by atoms with Crippen molar-refractivity contribution < 1.29 is 19.1 Å². The van der Waals surface area contributed by atoms with E-state index in [0.717, 1.165) is 5.56 Å². The van der Waals surface area contributed by atoms with Gasteiger partial charge in [0.15, 0.2) is 0 Å². The van der Waals surface area contributed by atoms with Gasteiger partial charge in [-0.25, -0.2) is 9.59 Å². The van der Waals surface area contributed by atoms with E-state index in [-0.39, 0.29) is 12.0 Å². The minimum Gasteiger partial charge on any atom is -0.386 e. The molecule has 0 spiro atoms. The molecule has 0 bridgehead atoms. The molecule has 0 heterocycles. The van der Waals surface area contributed by atoms with Gasteiger partial charge in [-0.05, 0) is 12.0 Å². The van der Waals surface area contributed by atoms with Crippen LogP contribution in [0, 0.1) is 0 Å². The second-order valence-electron chi connectivity index (χ2n) is 4.70. The fourth-order valence-corrected chi connectivity index (χ4v) is 1.87. The van der Waals surface area contributed by atoms with Crippen molar-refractivity contribution in [2.45, 2.75) is 12.5 Å². The minimum atomic E-state index is -1.22. The van der Waals surface area contributed by atoms with E-state index in [9.17, 15) is 14.4 Å². The Bertz CT molecular complexity index is 668. The van der Waals surface area contributed by atoms with Crippen LogP contribution in [-0.4, -0.2) is 23.8 Å². The van der Waals surface area contributed by atoms with E-state index in [1.54, 1.807) is 18.2 Å². The van der Waals surface area contributed by atoms with Crippen molar-refractivity contribution in [2.24, 2.45) is 5.73 Å². The van der Waals surface area contributed by atoms with Crippen molar-refractivity contribution >= 4 is 17.7 Å². The number of ketones is 1. The first kappa shape index (κ1) is 15.6. The fraction of sp³-hybridized carbons (Fsp3) is 0.118. The SMILES string of the molecule is N[C@@H](Cc1ccccc1)C(=O)OC(=O)C(=O)c1ccccc1. The van der Waals surface area contributed by atoms with Crippen molar-refractivity contribution in [1.82, 2.24) is 0 Å². The first-order valence-electron chi connectivity index (χ1n) is 6.73. The van der Waals surface area contributed by atoms with Gasteiger partial charge in [-0.3, -0.25) is 4.79 Å². The zero-order valence-electron chi connectivity index (χ0n) is 11.8. The van der Waals surface area contributed by atoms with Crippen LogP contribution in [0.3, 0.4) is 0 Å². The standard InChI is InChI=1S/C17H15NO4/c18-14(11-12-7-3-1-4-8-12)16(20)22-17(21)15(19)13-9-5-2-6-10-13/h1-10,14H,11,18H2/t14-/m0/s1. The molecular weight excluding hydrogens is 282 g/mol. The Morgan fingerprint density at radius 3 is 2.05 bits per heavy atom. The zero-order valence-corrected chi connectivity index (χ0v) is 11.8. The van der Waals surface area contributed by atoms with Crippen LogP contribution >= 0.6 is 0 Å². The molecule has 1 atom stereocenters. The third kappa shape index (κ3) is 4.10. The number of nitrogens with two attached hydrogens (primary N) is 1. The molecule has 0 aliphatic rings. The summed E-state index contributed by atoms with van der Waals surface area (Å²) < 4.78 is 4.55. The Labute approximate surface area is 127 Å². The maximum absolute atomic E-state index is 11.8. The van der Waals surface area contributed by atoms with Crippen LogP contribution in [0.25, 0.3) is 0 Å². The second-order valence-corrected chi connectivity index (χ2v) is 4.70. The molecule has 22 heavy (non-hydrogen) atoms. The van der Waals surface area contributed by atoms with Gasteiger partial charge in [-0.15, -0.1) is 0 Å². The van der Waals surface area contributed by atoms with Crippen LogP contribution in [0.1, 0.15) is 15.9 Å². The minimum absolute atomic E-state index is 0.164. The molecule has 0 fully saturated rings. The third-order valence-corrected chi connectivity index (χ3v) is 3.02. The van der Waals surface area contributed by atoms with E-state index in [1.807, 2.05) is 30.3 Å². The lowest BCUT2D eigenvalue weighted by atomic mass is 10.1. The number of Topliss-reactive ketones (excluding diaryl/α,β-unsaturated/α-hetero) is 1. The molecule has 0 aliphatic heterocycles. The molecule has 0 saturated heterocycles. The van der Waals surface area contributed by atoms with Crippen molar-refractivity contribution in [1.29, 1.82) is 0 Å². The van der Waals surface area contributed by atoms with Crippen LogP contribution in [-0.2, 0) is 20.7 Å². The molecule has 5 nitrogen and oxygen atoms in total. The van der Waals surface area contributed by atoms with Gasteiger partial charge in [0.2, 0.25) is 0 Å². The normalized spacial score (nSPS) is 11.5. The summed E-state index contributed by atoms with van der Waals surface area (Å²) >= 11 is 0. The molecule has 2 aromatic carbocycles. The number of carbonyl (C=O) groups is 3. The number of carbonyl (C=O) groups excluding carboxylic acids is 3. The van der Waals surface area contributed by atoms with Gasteiger partial charge in [0.25, 0.3) is 5.78 Å². The average molecular weight is 297 g/mol. The highest BCUT2D eigenvalue weighted by Gasteiger charge is 2.24. The predicted octanol–water partition coefficient (Wildman–Crippen LogP) is 1.51. The number of esters is 2. The number of benzene rings is 2. The van der Waals surface area contributed by atoms with Crippen molar-refractivity contribution in [3.63, 3.8) is 0 Å². The summed E-state index contributed by atoms with van der Waals surface area (Å²) in [5.41, 5.74) is 6.70. The zero-order chi connectivity index (χ0) is 15.9.